The Hall–Kier alpha value is -1.53. The van der Waals surface area contributed by atoms with Gasteiger partial charge in [-0.05, 0) is 44.4 Å². The lowest BCUT2D eigenvalue weighted by Crippen LogP contribution is -2.43. The summed E-state index contributed by atoms with van der Waals surface area (Å²) in [5, 5.41) is 2.79. The van der Waals surface area contributed by atoms with E-state index in [4.69, 9.17) is 4.74 Å². The Bertz CT molecular complexity index is 635. The van der Waals surface area contributed by atoms with Gasteiger partial charge in [0.1, 0.15) is 0 Å². The van der Waals surface area contributed by atoms with Gasteiger partial charge in [-0.2, -0.15) is 0 Å². The monoisotopic (exact) mass is 348 g/mol. The van der Waals surface area contributed by atoms with Crippen LogP contribution >= 0.6 is 11.8 Å². The van der Waals surface area contributed by atoms with Crippen LogP contribution in [0.5, 0.6) is 0 Å². The summed E-state index contributed by atoms with van der Waals surface area (Å²) in [6.07, 6.45) is 3.11. The largest absolute Gasteiger partial charge is 0.376 e. The van der Waals surface area contributed by atoms with Gasteiger partial charge in [-0.15, -0.1) is 11.8 Å². The number of amides is 2. The molecule has 2 heterocycles. The molecule has 0 radical (unpaired) electrons. The van der Waals surface area contributed by atoms with Gasteiger partial charge in [0, 0.05) is 30.2 Å². The minimum absolute atomic E-state index is 0.0110. The average Bonchev–Trinajstić information content (AvgIpc) is 2.60. The molecule has 5 nitrogen and oxygen atoms in total. The van der Waals surface area contributed by atoms with E-state index in [2.05, 4.69) is 12.2 Å². The van der Waals surface area contributed by atoms with E-state index in [1.165, 1.54) is 11.8 Å². The van der Waals surface area contributed by atoms with Crippen molar-refractivity contribution < 1.29 is 14.3 Å². The highest BCUT2D eigenvalue weighted by Gasteiger charge is 2.27. The van der Waals surface area contributed by atoms with Gasteiger partial charge in [-0.25, -0.2) is 0 Å². The maximum atomic E-state index is 12.8. The molecule has 1 aromatic carbocycles. The van der Waals surface area contributed by atoms with Gasteiger partial charge in [-0.1, -0.05) is 6.92 Å². The molecule has 1 saturated heterocycles. The van der Waals surface area contributed by atoms with Crippen LogP contribution in [0.15, 0.2) is 23.1 Å². The Balaban J connectivity index is 1.71. The Labute approximate surface area is 147 Å². The van der Waals surface area contributed by atoms with Crippen molar-refractivity contribution in [1.82, 2.24) is 4.90 Å². The molecule has 1 aromatic rings. The third-order valence-electron chi connectivity index (χ3n) is 4.38. The molecular formula is C18H24N2O3S. The molecule has 130 valence electrons. The summed E-state index contributed by atoms with van der Waals surface area (Å²) in [5.74, 6) is 0.00331. The number of rotatable bonds is 4. The summed E-state index contributed by atoms with van der Waals surface area (Å²) in [5.41, 5.74) is 1.37. The first-order valence-electron chi connectivity index (χ1n) is 8.61. The minimum atomic E-state index is -0.0994. The fourth-order valence-electron chi connectivity index (χ4n) is 3.07. The molecule has 0 unspecified atom stereocenters. The van der Waals surface area contributed by atoms with Crippen molar-refractivity contribution in [1.29, 1.82) is 0 Å². The number of nitrogens with zero attached hydrogens (tertiary/aromatic N) is 1. The molecule has 1 fully saturated rings. The first-order valence-corrected chi connectivity index (χ1v) is 9.49. The predicted molar refractivity (Wildman–Crippen MR) is 95.6 cm³/mol. The van der Waals surface area contributed by atoms with E-state index in [9.17, 15) is 9.59 Å². The summed E-state index contributed by atoms with van der Waals surface area (Å²) < 4.78 is 5.81. The molecule has 1 N–H and O–H groups in total. The normalized spacial score (nSPS) is 23.6. The number of anilines is 1. The molecule has 0 spiro atoms. The van der Waals surface area contributed by atoms with Gasteiger partial charge in [-0.3, -0.25) is 9.59 Å². The minimum Gasteiger partial charge on any atom is -0.376 e. The quantitative estimate of drug-likeness (QED) is 0.908. The molecular weight excluding hydrogens is 324 g/mol. The fraction of sp³-hybridized carbons (Fsp3) is 0.556. The number of fused-ring (bicyclic) bond motifs is 1. The molecule has 0 aromatic heterocycles. The lowest BCUT2D eigenvalue weighted by atomic mass is 10.1. The highest BCUT2D eigenvalue weighted by atomic mass is 32.2. The van der Waals surface area contributed by atoms with E-state index in [1.54, 1.807) is 6.07 Å². The highest BCUT2D eigenvalue weighted by molar-refractivity contribution is 8.00. The van der Waals surface area contributed by atoms with E-state index in [0.717, 1.165) is 43.0 Å². The van der Waals surface area contributed by atoms with E-state index < -0.39 is 0 Å². The number of piperidine rings is 1. The van der Waals surface area contributed by atoms with E-state index in [-0.39, 0.29) is 23.2 Å². The van der Waals surface area contributed by atoms with Crippen molar-refractivity contribution in [2.75, 3.05) is 25.0 Å². The maximum absolute atomic E-state index is 12.8. The number of hydrogen-bond acceptors (Lipinski definition) is 4. The standard InChI is InChI=1S/C18H24N2O3S/c1-3-9-23-14-5-4-8-20(11-14)18(22)13-6-7-16-15(10-13)19-17(21)12(2)24-16/h6-7,10,12,14H,3-5,8-9,11H2,1-2H3,(H,19,21)/t12-,14+/m1/s1. The molecule has 0 bridgehead atoms. The van der Waals surface area contributed by atoms with Gasteiger partial charge in [0.25, 0.3) is 5.91 Å². The van der Waals surface area contributed by atoms with E-state index in [0.29, 0.717) is 12.1 Å². The van der Waals surface area contributed by atoms with Gasteiger partial charge in [0.15, 0.2) is 0 Å². The lowest BCUT2D eigenvalue weighted by Gasteiger charge is -2.33. The van der Waals surface area contributed by atoms with E-state index in [1.807, 2.05) is 24.0 Å². The number of benzene rings is 1. The van der Waals surface area contributed by atoms with Crippen LogP contribution in [-0.2, 0) is 9.53 Å². The van der Waals surface area contributed by atoms with Crippen molar-refractivity contribution in [3.8, 4) is 0 Å². The topological polar surface area (TPSA) is 58.6 Å². The molecule has 2 aliphatic rings. The van der Waals surface area contributed by atoms with Gasteiger partial charge in [0.05, 0.1) is 17.0 Å². The van der Waals surface area contributed by atoms with Crippen LogP contribution < -0.4 is 5.32 Å². The van der Waals surface area contributed by atoms with Crippen molar-refractivity contribution >= 4 is 29.3 Å². The van der Waals surface area contributed by atoms with Crippen LogP contribution in [0.4, 0.5) is 5.69 Å². The van der Waals surface area contributed by atoms with E-state index >= 15 is 0 Å². The maximum Gasteiger partial charge on any atom is 0.254 e. The summed E-state index contributed by atoms with van der Waals surface area (Å²) in [7, 11) is 0. The molecule has 3 rings (SSSR count). The Kier molecular flexibility index (Phi) is 5.46. The Morgan fingerprint density at radius 1 is 1.46 bits per heavy atom. The summed E-state index contributed by atoms with van der Waals surface area (Å²) in [6.45, 7) is 6.12. The fourth-order valence-corrected chi connectivity index (χ4v) is 4.00. The highest BCUT2D eigenvalue weighted by Crippen LogP contribution is 2.36. The zero-order chi connectivity index (χ0) is 17.1. The number of carbonyl (C=O) groups excluding carboxylic acids is 2. The Morgan fingerprint density at radius 2 is 2.29 bits per heavy atom. The molecule has 2 amide bonds. The summed E-state index contributed by atoms with van der Waals surface area (Å²) in [6, 6.07) is 5.58. The molecule has 0 aliphatic carbocycles. The van der Waals surface area contributed by atoms with Crippen molar-refractivity contribution in [3.05, 3.63) is 23.8 Å². The number of ether oxygens (including phenoxy) is 1. The molecule has 24 heavy (non-hydrogen) atoms. The number of carbonyl (C=O) groups is 2. The predicted octanol–water partition coefficient (Wildman–Crippen LogP) is 3.15. The van der Waals surface area contributed by atoms with Crippen LogP contribution in [0, 0.1) is 0 Å². The zero-order valence-corrected chi connectivity index (χ0v) is 15.0. The molecule has 2 atom stereocenters. The number of nitrogens with one attached hydrogen (secondary N) is 1. The smallest absolute Gasteiger partial charge is 0.254 e. The molecule has 0 saturated carbocycles. The first-order chi connectivity index (χ1) is 11.6. The third kappa shape index (κ3) is 3.75. The van der Waals surface area contributed by atoms with Crippen LogP contribution in [-0.4, -0.2) is 47.8 Å². The number of thioether (sulfide) groups is 1. The molecule has 6 heteroatoms. The molecule has 2 aliphatic heterocycles. The second-order valence-electron chi connectivity index (χ2n) is 6.35. The second kappa shape index (κ2) is 7.57. The first kappa shape index (κ1) is 17.3. The van der Waals surface area contributed by atoms with Gasteiger partial charge < -0.3 is 15.0 Å². The number of hydrogen-bond donors (Lipinski definition) is 1. The zero-order valence-electron chi connectivity index (χ0n) is 14.2. The lowest BCUT2D eigenvalue weighted by molar-refractivity contribution is -0.115. The van der Waals surface area contributed by atoms with Gasteiger partial charge in [0.2, 0.25) is 5.91 Å². The van der Waals surface area contributed by atoms with Crippen molar-refractivity contribution in [3.63, 3.8) is 0 Å². The van der Waals surface area contributed by atoms with Crippen LogP contribution in [0.2, 0.25) is 0 Å². The SMILES string of the molecule is CCCO[C@H]1CCCN(C(=O)c2ccc3c(c2)NC(=O)[C@@H](C)S3)C1. The number of likely N-dealkylation sites (tertiary alicyclic amines) is 1. The van der Waals surface area contributed by atoms with Crippen LogP contribution in [0.25, 0.3) is 0 Å². The third-order valence-corrected chi connectivity index (χ3v) is 5.56. The van der Waals surface area contributed by atoms with Crippen LogP contribution in [0.1, 0.15) is 43.5 Å². The van der Waals surface area contributed by atoms with Crippen molar-refractivity contribution in [2.24, 2.45) is 0 Å². The van der Waals surface area contributed by atoms with Crippen molar-refractivity contribution in [2.45, 2.75) is 49.4 Å². The summed E-state index contributed by atoms with van der Waals surface area (Å²) in [4.78, 5) is 27.5. The average molecular weight is 348 g/mol. The van der Waals surface area contributed by atoms with Crippen LogP contribution in [0.3, 0.4) is 0 Å². The second-order valence-corrected chi connectivity index (χ2v) is 7.73. The Morgan fingerprint density at radius 3 is 3.08 bits per heavy atom. The van der Waals surface area contributed by atoms with Gasteiger partial charge >= 0.3 is 0 Å². The summed E-state index contributed by atoms with van der Waals surface area (Å²) >= 11 is 1.53.